The highest BCUT2D eigenvalue weighted by Crippen LogP contribution is 2.45. The molecule has 0 amide bonds. The fraction of sp³-hybridized carbons (Fsp3) is 0.772. The fourth-order valence-corrected chi connectivity index (χ4v) is 12.0. The highest BCUT2D eigenvalue weighted by atomic mass is 31.2. The number of carbonyl (C=O) groups is 4. The molecule has 5 unspecified atom stereocenters. The van der Waals surface area contributed by atoms with Crippen molar-refractivity contribution in [3.63, 3.8) is 0 Å². The molecule has 0 bridgehead atoms. The molecule has 0 fully saturated rings. The van der Waals surface area contributed by atoms with E-state index in [9.17, 15) is 43.2 Å². The molecule has 0 aliphatic rings. The molecule has 0 heterocycles. The van der Waals surface area contributed by atoms with Gasteiger partial charge in [0.1, 0.15) is 19.3 Å². The Labute approximate surface area is 595 Å². The van der Waals surface area contributed by atoms with Gasteiger partial charge in [-0.25, -0.2) is 9.13 Å². The summed E-state index contributed by atoms with van der Waals surface area (Å²) >= 11 is 0. The van der Waals surface area contributed by atoms with Gasteiger partial charge in [-0.15, -0.1) is 0 Å². The van der Waals surface area contributed by atoms with Gasteiger partial charge < -0.3 is 33.8 Å². The maximum Gasteiger partial charge on any atom is 0.472 e. The summed E-state index contributed by atoms with van der Waals surface area (Å²) in [5, 5.41) is 10.6. The van der Waals surface area contributed by atoms with Crippen LogP contribution in [0.2, 0.25) is 0 Å². The minimum absolute atomic E-state index is 0.0819. The van der Waals surface area contributed by atoms with Crippen molar-refractivity contribution in [1.82, 2.24) is 0 Å². The van der Waals surface area contributed by atoms with Crippen LogP contribution in [0.5, 0.6) is 0 Å². The van der Waals surface area contributed by atoms with Gasteiger partial charge in [0.2, 0.25) is 0 Å². The predicted molar refractivity (Wildman–Crippen MR) is 399 cm³/mol. The lowest BCUT2D eigenvalue weighted by molar-refractivity contribution is -0.161. The van der Waals surface area contributed by atoms with Crippen molar-refractivity contribution in [1.29, 1.82) is 0 Å². The average molecular weight is 1420 g/mol. The number of rotatable bonds is 73. The monoisotopic (exact) mass is 1420 g/mol. The number of phosphoric ester groups is 2. The molecule has 0 spiro atoms. The van der Waals surface area contributed by atoms with E-state index in [1.807, 2.05) is 0 Å². The van der Waals surface area contributed by atoms with E-state index >= 15 is 0 Å². The summed E-state index contributed by atoms with van der Waals surface area (Å²) in [4.78, 5) is 72.8. The molecular formula is C79H140O17P2. The number of aliphatic hydroxyl groups excluding tert-OH is 1. The maximum atomic E-state index is 13.1. The number of aliphatic hydroxyl groups is 1. The summed E-state index contributed by atoms with van der Waals surface area (Å²) in [7, 11) is -9.95. The minimum Gasteiger partial charge on any atom is -0.462 e. The Balaban J connectivity index is 5.29. The standard InChI is InChI=1S/C79H140O17P2/c1-5-9-13-17-21-25-29-32-34-35-36-37-39-42-45-48-52-56-60-64-77(82)89-69-74(95-78(83)65-61-57-53-49-43-28-24-20-16-12-8-4)71-93-97(85,86)91-67-73(80)68-92-98(87,88)94-72-75(96-79(84)66-62-58-54-50-46-40-31-27-23-19-15-11-7-3)70-90-76(81)63-59-55-51-47-44-41-38-33-30-26-22-18-14-10-6-2/h9,13,15,19-21,24-25,27,31-32,34,36-37,73-75,80H,5-8,10-12,14,16-18,22-23,26,28-30,33,35,38-72H2,1-4H3,(H,85,86)(H,87,88)/b13-9-,19-15-,24-20-,25-21-,31-27-,34-32-,37-36-. The van der Waals surface area contributed by atoms with Gasteiger partial charge in [-0.3, -0.25) is 37.3 Å². The summed E-state index contributed by atoms with van der Waals surface area (Å²) in [6, 6.07) is 0. The van der Waals surface area contributed by atoms with E-state index in [1.54, 1.807) is 0 Å². The van der Waals surface area contributed by atoms with Crippen LogP contribution in [0, 0.1) is 0 Å². The van der Waals surface area contributed by atoms with Crippen LogP contribution >= 0.6 is 15.6 Å². The summed E-state index contributed by atoms with van der Waals surface area (Å²) in [6.07, 6.45) is 72.9. The first-order valence-corrected chi connectivity index (χ1v) is 41.8. The number of unbranched alkanes of at least 4 members (excludes halogenated alkanes) is 33. The van der Waals surface area contributed by atoms with Crippen LogP contribution in [-0.2, 0) is 65.4 Å². The zero-order valence-electron chi connectivity index (χ0n) is 62.0. The van der Waals surface area contributed by atoms with E-state index in [4.69, 9.17) is 37.0 Å². The Morgan fingerprint density at radius 1 is 0.296 bits per heavy atom. The molecule has 568 valence electrons. The summed E-state index contributed by atoms with van der Waals surface area (Å²) < 4.78 is 68.5. The molecule has 17 nitrogen and oxygen atoms in total. The number of ether oxygens (including phenoxy) is 4. The Kier molecular flexibility index (Phi) is 68.9. The third-order valence-corrected chi connectivity index (χ3v) is 18.2. The van der Waals surface area contributed by atoms with E-state index in [0.29, 0.717) is 25.7 Å². The molecule has 0 aliphatic heterocycles. The number of carbonyl (C=O) groups excluding carboxylic acids is 4. The van der Waals surface area contributed by atoms with Gasteiger partial charge in [0.15, 0.2) is 12.2 Å². The lowest BCUT2D eigenvalue weighted by atomic mass is 10.0. The quantitative estimate of drug-likeness (QED) is 0.0169. The van der Waals surface area contributed by atoms with Gasteiger partial charge in [-0.1, -0.05) is 286 Å². The van der Waals surface area contributed by atoms with Gasteiger partial charge in [0.05, 0.1) is 26.4 Å². The number of allylic oxidation sites excluding steroid dienone is 14. The van der Waals surface area contributed by atoms with Crippen LogP contribution < -0.4 is 0 Å². The third-order valence-electron chi connectivity index (χ3n) is 16.3. The van der Waals surface area contributed by atoms with Crippen molar-refractivity contribution < 1.29 is 80.2 Å². The highest BCUT2D eigenvalue weighted by Gasteiger charge is 2.30. The molecule has 0 aromatic rings. The van der Waals surface area contributed by atoms with Crippen molar-refractivity contribution in [3.8, 4) is 0 Å². The van der Waals surface area contributed by atoms with E-state index in [2.05, 4.69) is 113 Å². The molecule has 0 rings (SSSR count). The molecule has 0 saturated heterocycles. The van der Waals surface area contributed by atoms with Crippen molar-refractivity contribution in [2.24, 2.45) is 0 Å². The second-order valence-corrected chi connectivity index (χ2v) is 28.8. The lowest BCUT2D eigenvalue weighted by Gasteiger charge is -2.21. The Morgan fingerprint density at radius 3 is 0.898 bits per heavy atom. The first-order chi connectivity index (χ1) is 47.7. The number of esters is 4. The summed E-state index contributed by atoms with van der Waals surface area (Å²) in [5.74, 6) is -2.19. The van der Waals surface area contributed by atoms with E-state index < -0.39 is 97.5 Å². The summed E-state index contributed by atoms with van der Waals surface area (Å²) in [6.45, 7) is 4.66. The van der Waals surface area contributed by atoms with Gasteiger partial charge in [0, 0.05) is 25.7 Å². The second-order valence-electron chi connectivity index (χ2n) is 25.9. The van der Waals surface area contributed by atoms with Crippen LogP contribution in [0.15, 0.2) is 85.1 Å². The highest BCUT2D eigenvalue weighted by molar-refractivity contribution is 7.47. The fourth-order valence-electron chi connectivity index (χ4n) is 10.4. The van der Waals surface area contributed by atoms with Crippen molar-refractivity contribution in [2.45, 2.75) is 354 Å². The molecule has 0 radical (unpaired) electrons. The van der Waals surface area contributed by atoms with Crippen LogP contribution in [0.4, 0.5) is 0 Å². The van der Waals surface area contributed by atoms with E-state index in [0.717, 1.165) is 173 Å². The minimum atomic E-state index is -4.97. The number of phosphoric acid groups is 2. The molecule has 0 aromatic heterocycles. The molecule has 0 aliphatic carbocycles. The average Bonchev–Trinajstić information content (AvgIpc) is 1.00. The molecule has 3 N–H and O–H groups in total. The summed E-state index contributed by atoms with van der Waals surface area (Å²) in [5.41, 5.74) is 0. The SMILES string of the molecule is CC/C=C\C/C=C\C/C=C\C/C=C\CCCCCCCCC(=O)OCC(COP(=O)(O)OCC(O)COP(=O)(O)OCC(COC(=O)CCCCCCCCCCCCCCCCC)OC(=O)CCCCCCC/C=C\C/C=C\CCC)OC(=O)CCCCCCC/C=C\CCCC. The third kappa shape index (κ3) is 70.7. The first kappa shape index (κ1) is 94.2. The molecule has 98 heavy (non-hydrogen) atoms. The van der Waals surface area contributed by atoms with E-state index in [-0.39, 0.29) is 25.7 Å². The molecular weight excluding hydrogens is 1280 g/mol. The van der Waals surface area contributed by atoms with E-state index in [1.165, 1.54) is 83.5 Å². The second kappa shape index (κ2) is 71.6. The molecule has 5 atom stereocenters. The van der Waals surface area contributed by atoms with Crippen molar-refractivity contribution in [3.05, 3.63) is 85.1 Å². The predicted octanol–water partition coefficient (Wildman–Crippen LogP) is 22.2. The van der Waals surface area contributed by atoms with Gasteiger partial charge >= 0.3 is 39.5 Å². The first-order valence-electron chi connectivity index (χ1n) is 38.8. The lowest BCUT2D eigenvalue weighted by Crippen LogP contribution is -2.30. The number of hydrogen-bond donors (Lipinski definition) is 3. The Morgan fingerprint density at radius 2 is 0.561 bits per heavy atom. The van der Waals surface area contributed by atoms with Gasteiger partial charge in [-0.05, 0) is 109 Å². The van der Waals surface area contributed by atoms with Crippen LogP contribution in [0.25, 0.3) is 0 Å². The largest absolute Gasteiger partial charge is 0.472 e. The zero-order valence-corrected chi connectivity index (χ0v) is 63.7. The molecule has 19 heteroatoms. The number of hydrogen-bond acceptors (Lipinski definition) is 15. The molecule has 0 aromatic carbocycles. The topological polar surface area (TPSA) is 237 Å². The smallest absolute Gasteiger partial charge is 0.462 e. The molecule has 0 saturated carbocycles. The van der Waals surface area contributed by atoms with Crippen LogP contribution in [0.1, 0.15) is 336 Å². The van der Waals surface area contributed by atoms with Crippen LogP contribution in [-0.4, -0.2) is 96.7 Å². The van der Waals surface area contributed by atoms with Gasteiger partial charge in [0.25, 0.3) is 0 Å². The Bertz CT molecular complexity index is 2190. The van der Waals surface area contributed by atoms with Gasteiger partial charge in [-0.2, -0.15) is 0 Å². The van der Waals surface area contributed by atoms with Crippen molar-refractivity contribution in [2.75, 3.05) is 39.6 Å². The normalized spacial score (nSPS) is 14.4. The zero-order chi connectivity index (χ0) is 71.8. The maximum absolute atomic E-state index is 13.1. The Hall–Kier alpha value is -3.76. The van der Waals surface area contributed by atoms with Crippen LogP contribution in [0.3, 0.4) is 0 Å². The van der Waals surface area contributed by atoms with Crippen molar-refractivity contribution >= 4 is 39.5 Å².